The van der Waals surface area contributed by atoms with Crippen LogP contribution in [0.4, 0.5) is 8.78 Å². The molecule has 1 N–H and O–H groups in total. The third-order valence-corrected chi connectivity index (χ3v) is 7.69. The lowest BCUT2D eigenvalue weighted by atomic mass is 10.3. The average molecular weight is 508 g/mol. The van der Waals surface area contributed by atoms with Crippen LogP contribution in [0.15, 0.2) is 17.2 Å². The number of pyridine rings is 1. The van der Waals surface area contributed by atoms with E-state index in [2.05, 4.69) is 19.9 Å². The molecule has 0 bridgehead atoms. The number of ether oxygens (including phenoxy) is 2. The fraction of sp³-hybridized carbons (Fsp3) is 0.500. The van der Waals surface area contributed by atoms with Gasteiger partial charge in [-0.1, -0.05) is 22.9 Å². The second kappa shape index (κ2) is 8.78. The Morgan fingerprint density at radius 1 is 1.34 bits per heavy atom. The number of methoxy groups -OCH3 is 1. The first-order valence-corrected chi connectivity index (χ1v) is 12.3. The maximum atomic E-state index is 13.0. The Balaban J connectivity index is 1.83. The zero-order valence-corrected chi connectivity index (χ0v) is 19.5. The van der Waals surface area contributed by atoms with Crippen LogP contribution in [-0.4, -0.2) is 53.9 Å². The van der Waals surface area contributed by atoms with E-state index in [4.69, 9.17) is 21.1 Å². The van der Waals surface area contributed by atoms with E-state index in [0.717, 1.165) is 12.8 Å². The van der Waals surface area contributed by atoms with Crippen molar-refractivity contribution in [2.45, 2.75) is 43.0 Å². The molecule has 3 aromatic rings. The van der Waals surface area contributed by atoms with Crippen molar-refractivity contribution in [3.8, 4) is 16.6 Å². The first-order valence-electron chi connectivity index (χ1n) is 9.63. The number of rotatable bonds is 10. The Morgan fingerprint density at radius 2 is 2.09 bits per heavy atom. The van der Waals surface area contributed by atoms with Crippen molar-refractivity contribution in [1.29, 1.82) is 0 Å². The van der Waals surface area contributed by atoms with Crippen molar-refractivity contribution in [1.82, 2.24) is 24.3 Å². The molecule has 3 aromatic heterocycles. The lowest BCUT2D eigenvalue weighted by Crippen LogP contribution is -2.34. The first-order chi connectivity index (χ1) is 15.1. The molecule has 1 saturated carbocycles. The largest absolute Gasteiger partial charge is 0.491 e. The number of nitrogens with one attached hydrogen (secondary N) is 1. The van der Waals surface area contributed by atoms with Gasteiger partial charge in [0.2, 0.25) is 10.0 Å². The predicted molar refractivity (Wildman–Crippen MR) is 114 cm³/mol. The molecule has 0 amide bonds. The van der Waals surface area contributed by atoms with Crippen LogP contribution in [0.3, 0.4) is 0 Å². The fourth-order valence-corrected chi connectivity index (χ4v) is 5.42. The predicted octanol–water partition coefficient (Wildman–Crippen LogP) is 3.69. The summed E-state index contributed by atoms with van der Waals surface area (Å²) in [6.07, 6.45) is 0.560. The quantitative estimate of drug-likeness (QED) is 0.417. The van der Waals surface area contributed by atoms with Crippen LogP contribution in [0.1, 0.15) is 37.6 Å². The SMILES string of the molecule is COCCCOc1cc(S(=O)(=O)NC2(C)CC2)cn2c(-c3nnc(C(F)F)s3)nc(Cl)c12. The van der Waals surface area contributed by atoms with Gasteiger partial charge in [0.05, 0.1) is 6.61 Å². The molecule has 0 saturated heterocycles. The van der Waals surface area contributed by atoms with Crippen LogP contribution in [0.5, 0.6) is 5.75 Å². The van der Waals surface area contributed by atoms with Crippen molar-refractivity contribution >= 4 is 38.5 Å². The number of imidazole rings is 1. The van der Waals surface area contributed by atoms with Gasteiger partial charge in [-0.2, -0.15) is 0 Å². The summed E-state index contributed by atoms with van der Waals surface area (Å²) in [4.78, 5) is 4.14. The van der Waals surface area contributed by atoms with Gasteiger partial charge < -0.3 is 9.47 Å². The van der Waals surface area contributed by atoms with Crippen LogP contribution in [0, 0.1) is 0 Å². The summed E-state index contributed by atoms with van der Waals surface area (Å²) in [7, 11) is -2.34. The van der Waals surface area contributed by atoms with E-state index in [0.29, 0.717) is 29.9 Å². The van der Waals surface area contributed by atoms with Gasteiger partial charge in [0.25, 0.3) is 6.43 Å². The number of hydrogen-bond acceptors (Lipinski definition) is 8. The average Bonchev–Trinajstić information content (AvgIpc) is 3.14. The van der Waals surface area contributed by atoms with Crippen LogP contribution < -0.4 is 9.46 Å². The highest BCUT2D eigenvalue weighted by Gasteiger charge is 2.41. The molecule has 0 aromatic carbocycles. The van der Waals surface area contributed by atoms with Gasteiger partial charge in [0.15, 0.2) is 21.0 Å². The van der Waals surface area contributed by atoms with E-state index >= 15 is 0 Å². The molecule has 14 heteroatoms. The number of alkyl halides is 2. The van der Waals surface area contributed by atoms with Crippen molar-refractivity contribution in [3.05, 3.63) is 22.4 Å². The highest BCUT2D eigenvalue weighted by atomic mass is 35.5. The minimum Gasteiger partial charge on any atom is -0.491 e. The molecule has 0 radical (unpaired) electrons. The second-order valence-corrected chi connectivity index (χ2v) is 10.6. The fourth-order valence-electron chi connectivity index (χ4n) is 2.99. The maximum Gasteiger partial charge on any atom is 0.291 e. The van der Waals surface area contributed by atoms with E-state index < -0.39 is 27.0 Å². The highest BCUT2D eigenvalue weighted by molar-refractivity contribution is 7.89. The molecular formula is C18H20ClF2N5O4S2. The summed E-state index contributed by atoms with van der Waals surface area (Å²) in [5.74, 6) is 0.276. The number of halogens is 3. The molecular weight excluding hydrogens is 488 g/mol. The molecule has 0 aliphatic heterocycles. The number of aromatic nitrogens is 4. The topological polar surface area (TPSA) is 108 Å². The summed E-state index contributed by atoms with van der Waals surface area (Å²) in [6.45, 7) is 2.51. The van der Waals surface area contributed by atoms with E-state index in [1.807, 2.05) is 6.92 Å². The monoisotopic (exact) mass is 507 g/mol. The molecule has 4 rings (SSSR count). The number of nitrogens with zero attached hydrogens (tertiary/aromatic N) is 4. The third kappa shape index (κ3) is 4.71. The number of sulfonamides is 1. The van der Waals surface area contributed by atoms with E-state index in [1.165, 1.54) is 16.7 Å². The van der Waals surface area contributed by atoms with E-state index in [1.54, 1.807) is 7.11 Å². The standard InChI is InChI=1S/C18H20ClF2N5O4S2/c1-18(4-5-18)25-32(27,28)10-8-11(30-7-3-6-29-2)12-13(19)22-15(26(12)9-10)17-24-23-16(31-17)14(20)21/h8-9,14,25H,3-7H2,1-2H3. The zero-order chi connectivity index (χ0) is 23.1. The molecule has 0 atom stereocenters. The minimum atomic E-state index is -3.90. The van der Waals surface area contributed by atoms with Crippen molar-refractivity contribution in [2.24, 2.45) is 0 Å². The van der Waals surface area contributed by atoms with Crippen LogP contribution in [0.25, 0.3) is 16.3 Å². The van der Waals surface area contributed by atoms with E-state index in [-0.39, 0.29) is 33.2 Å². The summed E-state index contributed by atoms with van der Waals surface area (Å²) in [6, 6.07) is 1.37. The first kappa shape index (κ1) is 23.2. The Hall–Kier alpha value is -1.93. The van der Waals surface area contributed by atoms with Crippen LogP contribution >= 0.6 is 22.9 Å². The van der Waals surface area contributed by atoms with Gasteiger partial charge in [-0.05, 0) is 19.8 Å². The number of fused-ring (bicyclic) bond motifs is 1. The van der Waals surface area contributed by atoms with Gasteiger partial charge in [0.1, 0.15) is 16.2 Å². The molecule has 1 aliphatic rings. The zero-order valence-electron chi connectivity index (χ0n) is 17.1. The van der Waals surface area contributed by atoms with Crippen molar-refractivity contribution in [3.63, 3.8) is 0 Å². The molecule has 174 valence electrons. The smallest absolute Gasteiger partial charge is 0.291 e. The Morgan fingerprint density at radius 3 is 2.72 bits per heavy atom. The summed E-state index contributed by atoms with van der Waals surface area (Å²) >= 11 is 6.98. The van der Waals surface area contributed by atoms with Gasteiger partial charge in [-0.25, -0.2) is 26.9 Å². The van der Waals surface area contributed by atoms with Crippen molar-refractivity contribution < 1.29 is 26.7 Å². The van der Waals surface area contributed by atoms with Crippen molar-refractivity contribution in [2.75, 3.05) is 20.3 Å². The van der Waals surface area contributed by atoms with Gasteiger partial charge in [0, 0.05) is 37.9 Å². The molecule has 32 heavy (non-hydrogen) atoms. The number of hydrogen-bond donors (Lipinski definition) is 1. The molecule has 3 heterocycles. The lowest BCUT2D eigenvalue weighted by molar-refractivity contribution is 0.150. The van der Waals surface area contributed by atoms with E-state index in [9.17, 15) is 17.2 Å². The Labute approximate surface area is 191 Å². The molecule has 0 unspecified atom stereocenters. The summed E-state index contributed by atoms with van der Waals surface area (Å²) < 4.78 is 66.9. The molecule has 1 fully saturated rings. The normalized spacial score (nSPS) is 15.6. The Bertz CT molecular complexity index is 1240. The summed E-state index contributed by atoms with van der Waals surface area (Å²) in [5.41, 5.74) is -0.196. The summed E-state index contributed by atoms with van der Waals surface area (Å²) in [5, 5.41) is 6.86. The maximum absolute atomic E-state index is 13.0. The molecule has 1 aliphatic carbocycles. The van der Waals surface area contributed by atoms with Crippen LogP contribution in [-0.2, 0) is 14.8 Å². The molecule has 9 nitrogen and oxygen atoms in total. The lowest BCUT2D eigenvalue weighted by Gasteiger charge is -2.15. The minimum absolute atomic E-state index is 0.0154. The van der Waals surface area contributed by atoms with Gasteiger partial charge >= 0.3 is 0 Å². The molecule has 0 spiro atoms. The van der Waals surface area contributed by atoms with Gasteiger partial charge in [-0.3, -0.25) is 4.40 Å². The third-order valence-electron chi connectivity index (χ3n) is 4.89. The Kier molecular flexibility index (Phi) is 6.38. The highest BCUT2D eigenvalue weighted by Crippen LogP contribution is 2.38. The van der Waals surface area contributed by atoms with Gasteiger partial charge in [-0.15, -0.1) is 10.2 Å². The second-order valence-electron chi connectivity index (χ2n) is 7.59. The van der Waals surface area contributed by atoms with Crippen LogP contribution in [0.2, 0.25) is 5.15 Å².